The highest BCUT2D eigenvalue weighted by Gasteiger charge is 2.29. The Labute approximate surface area is 289 Å². The van der Waals surface area contributed by atoms with Crippen molar-refractivity contribution in [2.45, 2.75) is 53.1 Å². The predicted octanol–water partition coefficient (Wildman–Crippen LogP) is 4.25. The van der Waals surface area contributed by atoms with Crippen LogP contribution in [0.25, 0.3) is 22.3 Å². The number of morpholine rings is 1. The molecule has 0 unspecified atom stereocenters. The Bertz CT molecular complexity index is 1910. The minimum absolute atomic E-state index is 0.0372. The van der Waals surface area contributed by atoms with Crippen molar-refractivity contribution in [3.05, 3.63) is 58.0 Å². The van der Waals surface area contributed by atoms with Gasteiger partial charge >= 0.3 is 0 Å². The number of aryl methyl sites for hydroxylation is 1. The van der Waals surface area contributed by atoms with E-state index >= 15 is 0 Å². The van der Waals surface area contributed by atoms with E-state index in [1.54, 1.807) is 29.9 Å². The van der Waals surface area contributed by atoms with Crippen LogP contribution in [0, 0.1) is 5.41 Å². The molecule has 0 spiro atoms. The van der Waals surface area contributed by atoms with Crippen LogP contribution in [0.5, 0.6) is 5.75 Å². The van der Waals surface area contributed by atoms with Gasteiger partial charge in [-0.2, -0.15) is 0 Å². The highest BCUT2D eigenvalue weighted by molar-refractivity contribution is 6.33. The molecule has 5 heterocycles. The summed E-state index contributed by atoms with van der Waals surface area (Å²) in [5.41, 5.74) is 0.701. The van der Waals surface area contributed by atoms with Gasteiger partial charge in [-0.15, -0.1) is 0 Å². The van der Waals surface area contributed by atoms with Crippen molar-refractivity contribution in [2.24, 2.45) is 12.5 Å². The summed E-state index contributed by atoms with van der Waals surface area (Å²) >= 11 is 6.41. The topological polar surface area (TPSA) is 155 Å². The third-order valence-corrected chi connectivity index (χ3v) is 8.15. The van der Waals surface area contributed by atoms with E-state index in [1.165, 1.54) is 30.4 Å². The van der Waals surface area contributed by atoms with E-state index in [4.69, 9.17) is 25.8 Å². The van der Waals surface area contributed by atoms with Crippen molar-refractivity contribution < 1.29 is 23.8 Å². The largest absolute Gasteiger partial charge is 0.465 e. The van der Waals surface area contributed by atoms with Crippen LogP contribution in [0.15, 0.2) is 41.8 Å². The molecule has 15 heteroatoms. The van der Waals surface area contributed by atoms with Crippen molar-refractivity contribution in [3.63, 3.8) is 0 Å². The lowest BCUT2D eigenvalue weighted by Gasteiger charge is -2.33. The fourth-order valence-corrected chi connectivity index (χ4v) is 6.31. The molecule has 49 heavy (non-hydrogen) atoms. The number of carbonyl (C=O) groups excluding carboxylic acids is 2. The summed E-state index contributed by atoms with van der Waals surface area (Å²) in [6.45, 7) is 12.5. The number of nitrogens with one attached hydrogen (secondary N) is 2. The molecule has 0 aromatic carbocycles. The number of anilines is 2. The number of pyridine rings is 2. The van der Waals surface area contributed by atoms with Crippen LogP contribution in [-0.2, 0) is 27.9 Å². The Kier molecular flexibility index (Phi) is 10.6. The first kappa shape index (κ1) is 35.8. The first-order valence-electron chi connectivity index (χ1n) is 15.9. The van der Waals surface area contributed by atoms with E-state index in [0.29, 0.717) is 55.5 Å². The van der Waals surface area contributed by atoms with E-state index in [1.807, 2.05) is 13.8 Å². The maximum atomic E-state index is 13.8. The lowest BCUT2D eigenvalue weighted by Crippen LogP contribution is -2.45. The number of amides is 2. The van der Waals surface area contributed by atoms with E-state index in [0.717, 1.165) is 0 Å². The number of methoxy groups -OCH3 is 1. The quantitative estimate of drug-likeness (QED) is 0.218. The van der Waals surface area contributed by atoms with Crippen molar-refractivity contribution in [3.8, 4) is 17.0 Å². The first-order chi connectivity index (χ1) is 23.2. The van der Waals surface area contributed by atoms with E-state index < -0.39 is 11.4 Å². The van der Waals surface area contributed by atoms with Crippen LogP contribution in [0.2, 0.25) is 5.02 Å². The molecular formula is C34H43ClN8O6. The van der Waals surface area contributed by atoms with E-state index in [-0.39, 0.29) is 57.6 Å². The molecule has 4 aromatic heterocycles. The van der Waals surface area contributed by atoms with Gasteiger partial charge in [0.1, 0.15) is 18.0 Å². The molecular weight excluding hydrogens is 652 g/mol. The number of fused-ring (bicyclic) bond motifs is 1. The van der Waals surface area contributed by atoms with Crippen LogP contribution in [0.3, 0.4) is 0 Å². The maximum Gasteiger partial charge on any atom is 0.263 e. The number of halogens is 1. The summed E-state index contributed by atoms with van der Waals surface area (Å²) in [5, 5.41) is 6.51. The predicted molar refractivity (Wildman–Crippen MR) is 187 cm³/mol. The van der Waals surface area contributed by atoms with Crippen LogP contribution < -0.4 is 25.8 Å². The third kappa shape index (κ3) is 8.56. The van der Waals surface area contributed by atoms with Gasteiger partial charge in [0.2, 0.25) is 5.91 Å². The van der Waals surface area contributed by atoms with Gasteiger partial charge in [-0.1, -0.05) is 32.4 Å². The van der Waals surface area contributed by atoms with Crippen LogP contribution in [0.4, 0.5) is 11.5 Å². The number of nitrogens with zero attached hydrogens (tertiary/aromatic N) is 6. The second-order valence-electron chi connectivity index (χ2n) is 13.9. The van der Waals surface area contributed by atoms with Crippen LogP contribution in [-0.4, -0.2) is 81.6 Å². The summed E-state index contributed by atoms with van der Waals surface area (Å²) in [4.78, 5) is 56.2. The lowest BCUT2D eigenvalue weighted by atomic mass is 9.81. The van der Waals surface area contributed by atoms with E-state index in [9.17, 15) is 14.4 Å². The summed E-state index contributed by atoms with van der Waals surface area (Å²) in [5.74, 6) is 0.121. The highest BCUT2D eigenvalue weighted by Crippen LogP contribution is 2.32. The molecule has 0 bridgehead atoms. The number of carbonyl (C=O) groups is 2. The normalized spacial score (nSPS) is 13.8. The zero-order chi connectivity index (χ0) is 35.5. The van der Waals surface area contributed by atoms with Gasteiger partial charge in [0.05, 0.1) is 59.3 Å². The summed E-state index contributed by atoms with van der Waals surface area (Å²) in [6.07, 6.45) is 6.67. The zero-order valence-electron chi connectivity index (χ0n) is 28.9. The van der Waals surface area contributed by atoms with Gasteiger partial charge < -0.3 is 38.9 Å². The third-order valence-electron chi connectivity index (χ3n) is 7.85. The molecule has 0 aliphatic carbocycles. The Morgan fingerprint density at radius 1 is 1.06 bits per heavy atom. The molecule has 0 saturated carbocycles. The van der Waals surface area contributed by atoms with Crippen molar-refractivity contribution in [2.75, 3.05) is 50.4 Å². The fourth-order valence-electron chi connectivity index (χ4n) is 6.16. The summed E-state index contributed by atoms with van der Waals surface area (Å²) in [6, 6.07) is 3.30. The van der Waals surface area contributed by atoms with Gasteiger partial charge in [0, 0.05) is 50.6 Å². The van der Waals surface area contributed by atoms with Crippen molar-refractivity contribution >= 4 is 46.0 Å². The van der Waals surface area contributed by atoms with Crippen molar-refractivity contribution in [1.82, 2.24) is 29.4 Å². The second-order valence-corrected chi connectivity index (χ2v) is 14.3. The molecule has 1 aliphatic heterocycles. The smallest absolute Gasteiger partial charge is 0.263 e. The number of hydrogen-bond acceptors (Lipinski definition) is 10. The van der Waals surface area contributed by atoms with Gasteiger partial charge in [-0.25, -0.2) is 9.97 Å². The SMILES string of the molecule is COCOc1cnc(-c2cn(CC(=O)Nc3cc(N4CCOCC4)ncc3Cl)c3ncn(C)c(=O)c23)cc1C(=O)NC(C)(C)CC(C)(C)C. The molecule has 1 aliphatic rings. The molecule has 5 rings (SSSR count). The van der Waals surface area contributed by atoms with Gasteiger partial charge in [0.25, 0.3) is 11.5 Å². The summed E-state index contributed by atoms with van der Waals surface area (Å²) in [7, 11) is 3.07. The Hall–Kier alpha value is -4.53. The number of hydrogen-bond donors (Lipinski definition) is 2. The van der Waals surface area contributed by atoms with Crippen LogP contribution >= 0.6 is 11.6 Å². The average Bonchev–Trinajstić information content (AvgIpc) is 3.40. The zero-order valence-corrected chi connectivity index (χ0v) is 29.7. The van der Waals surface area contributed by atoms with Gasteiger partial charge in [-0.05, 0) is 31.7 Å². The highest BCUT2D eigenvalue weighted by atomic mass is 35.5. The fraction of sp³-hybridized carbons (Fsp3) is 0.471. The lowest BCUT2D eigenvalue weighted by molar-refractivity contribution is -0.116. The molecule has 262 valence electrons. The Morgan fingerprint density at radius 3 is 2.49 bits per heavy atom. The first-order valence-corrected chi connectivity index (χ1v) is 16.3. The maximum absolute atomic E-state index is 13.8. The van der Waals surface area contributed by atoms with Gasteiger partial charge in [0.15, 0.2) is 12.5 Å². The second kappa shape index (κ2) is 14.5. The summed E-state index contributed by atoms with van der Waals surface area (Å²) < 4.78 is 19.1. The van der Waals surface area contributed by atoms with E-state index in [2.05, 4.69) is 51.3 Å². The Balaban J connectivity index is 1.49. The molecule has 2 amide bonds. The molecule has 1 saturated heterocycles. The number of ether oxygens (including phenoxy) is 3. The van der Waals surface area contributed by atoms with Gasteiger partial charge in [-0.3, -0.25) is 19.4 Å². The molecule has 14 nitrogen and oxygen atoms in total. The van der Waals surface area contributed by atoms with Crippen molar-refractivity contribution in [1.29, 1.82) is 0 Å². The molecule has 1 fully saturated rings. The standard InChI is InChI=1S/C34H43ClN8O6/c1-33(2,3)18-34(4,5)40-31(45)21-12-24(36-15-26(21)49-20-47-7)22-16-43(30-29(22)32(46)41(6)19-38-30)17-28(44)39-25-13-27(37-14-23(25)35)42-8-10-48-11-9-42/h12-16,19H,8-11,17-18,20H2,1-7H3,(H,40,45)(H,37,39,44). The minimum atomic E-state index is -0.540. The molecule has 2 N–H and O–H groups in total. The molecule has 4 aromatic rings. The van der Waals surface area contributed by atoms with Crippen LogP contribution in [0.1, 0.15) is 51.4 Å². The minimum Gasteiger partial charge on any atom is -0.465 e. The monoisotopic (exact) mass is 694 g/mol. The number of rotatable bonds is 11. The molecule has 0 atom stereocenters. The Morgan fingerprint density at radius 2 is 1.80 bits per heavy atom. The average molecular weight is 695 g/mol. The number of aromatic nitrogens is 5. The molecule has 0 radical (unpaired) electrons.